The lowest BCUT2D eigenvalue weighted by Crippen LogP contribution is -2.36. The summed E-state index contributed by atoms with van der Waals surface area (Å²) in [5, 5.41) is 0. The van der Waals surface area contributed by atoms with Crippen molar-refractivity contribution in [3.63, 3.8) is 0 Å². The third-order valence-electron chi connectivity index (χ3n) is 5.45. The minimum Gasteiger partial charge on any atom is -0.492 e. The zero-order valence-electron chi connectivity index (χ0n) is 17.1. The van der Waals surface area contributed by atoms with E-state index in [1.807, 2.05) is 18.2 Å². The Labute approximate surface area is 185 Å². The largest absolute Gasteiger partial charge is 0.492 e. The highest BCUT2D eigenvalue weighted by molar-refractivity contribution is 7.99. The first-order chi connectivity index (χ1) is 15.2. The first-order valence-electron chi connectivity index (χ1n) is 10.4. The van der Waals surface area contributed by atoms with Crippen LogP contribution in [0.1, 0.15) is 11.1 Å². The summed E-state index contributed by atoms with van der Waals surface area (Å²) in [5.41, 5.74) is 8.89. The molecule has 3 heterocycles. The third-order valence-corrected chi connectivity index (χ3v) is 6.75. The van der Waals surface area contributed by atoms with Gasteiger partial charge in [-0.1, -0.05) is 30.0 Å². The van der Waals surface area contributed by atoms with E-state index < -0.39 is 0 Å². The Morgan fingerprint density at radius 3 is 2.77 bits per heavy atom. The number of nitrogens with zero attached hydrogens (tertiary/aromatic N) is 1. The van der Waals surface area contributed by atoms with Gasteiger partial charge in [0.2, 0.25) is 0 Å². The molecular weight excluding hydrogens is 412 g/mol. The zero-order chi connectivity index (χ0) is 21.2. The Morgan fingerprint density at radius 1 is 1.06 bits per heavy atom. The minimum absolute atomic E-state index is 0.0525. The second-order valence-corrected chi connectivity index (χ2v) is 8.63. The molecule has 0 amide bonds. The Bertz CT molecular complexity index is 1150. The molecule has 7 heteroatoms. The van der Waals surface area contributed by atoms with Gasteiger partial charge in [0.05, 0.1) is 13.2 Å². The van der Waals surface area contributed by atoms with E-state index in [4.69, 9.17) is 19.6 Å². The van der Waals surface area contributed by atoms with Crippen LogP contribution in [-0.4, -0.2) is 39.5 Å². The monoisotopic (exact) mass is 436 g/mol. The number of ether oxygens (including phenoxy) is 2. The molecule has 0 radical (unpaired) electrons. The fourth-order valence-electron chi connectivity index (χ4n) is 3.95. The van der Waals surface area contributed by atoms with Gasteiger partial charge in [-0.15, -0.1) is 0 Å². The van der Waals surface area contributed by atoms with Crippen LogP contribution in [0.4, 0.5) is 5.88 Å². The zero-order valence-corrected chi connectivity index (χ0v) is 18.0. The van der Waals surface area contributed by atoms with E-state index in [1.165, 1.54) is 16.0 Å². The van der Waals surface area contributed by atoms with E-state index in [9.17, 15) is 4.79 Å². The molecule has 0 aliphatic carbocycles. The van der Waals surface area contributed by atoms with Crippen molar-refractivity contribution >= 4 is 17.6 Å². The number of rotatable bonds is 5. The van der Waals surface area contributed by atoms with Crippen molar-refractivity contribution in [3.05, 3.63) is 69.9 Å². The summed E-state index contributed by atoms with van der Waals surface area (Å²) in [5.74, 6) is 2.05. The van der Waals surface area contributed by atoms with E-state index in [2.05, 4.69) is 23.1 Å². The van der Waals surface area contributed by atoms with Gasteiger partial charge in [0.1, 0.15) is 18.1 Å². The van der Waals surface area contributed by atoms with Gasteiger partial charge in [-0.2, -0.15) is 0 Å². The average Bonchev–Trinajstić information content (AvgIpc) is 2.81. The van der Waals surface area contributed by atoms with Crippen molar-refractivity contribution in [2.24, 2.45) is 5.73 Å². The molecule has 160 valence electrons. The highest BCUT2D eigenvalue weighted by atomic mass is 32.2. The fraction of sp³-hybridized carbons (Fsp3) is 0.292. The third kappa shape index (κ3) is 4.21. The van der Waals surface area contributed by atoms with Crippen LogP contribution in [0.5, 0.6) is 5.75 Å². The molecule has 1 fully saturated rings. The quantitative estimate of drug-likeness (QED) is 0.513. The number of benzene rings is 2. The van der Waals surface area contributed by atoms with Crippen LogP contribution in [-0.2, 0) is 11.2 Å². The van der Waals surface area contributed by atoms with Gasteiger partial charge in [-0.25, -0.2) is 0 Å². The number of fused-ring (bicyclic) bond motifs is 2. The molecule has 2 N–H and O–H groups in total. The summed E-state index contributed by atoms with van der Waals surface area (Å²) in [4.78, 5) is 16.9. The van der Waals surface area contributed by atoms with Crippen LogP contribution in [0.15, 0.2) is 67.5 Å². The first-order valence-corrected chi connectivity index (χ1v) is 11.3. The summed E-state index contributed by atoms with van der Waals surface area (Å²) in [6.07, 6.45) is 0.804. The standard InChI is InChI=1S/C24H24N2O4S/c25-6-9-29-19-4-5-22-17(13-19)12-16-2-1-3-20(24(16)31-22)21-14-18(27)15-23(30-21)26-7-10-28-11-8-26/h1-5,13-15H,6-12,25H2. The molecule has 2 aromatic carbocycles. The summed E-state index contributed by atoms with van der Waals surface area (Å²) in [6, 6.07) is 15.5. The topological polar surface area (TPSA) is 77.9 Å². The van der Waals surface area contributed by atoms with E-state index >= 15 is 0 Å². The van der Waals surface area contributed by atoms with Gasteiger partial charge in [0.25, 0.3) is 0 Å². The van der Waals surface area contributed by atoms with Crippen molar-refractivity contribution in [2.45, 2.75) is 16.2 Å². The molecule has 2 aliphatic heterocycles. The van der Waals surface area contributed by atoms with Crippen molar-refractivity contribution in [1.82, 2.24) is 0 Å². The summed E-state index contributed by atoms with van der Waals surface area (Å²) in [7, 11) is 0. The van der Waals surface area contributed by atoms with Gasteiger partial charge >= 0.3 is 0 Å². The maximum atomic E-state index is 12.5. The molecule has 3 aromatic rings. The number of anilines is 1. The lowest BCUT2D eigenvalue weighted by molar-refractivity contribution is 0.120. The van der Waals surface area contributed by atoms with Crippen LogP contribution >= 0.6 is 11.8 Å². The van der Waals surface area contributed by atoms with E-state index in [0.29, 0.717) is 38.0 Å². The van der Waals surface area contributed by atoms with Gasteiger partial charge in [0, 0.05) is 47.1 Å². The Kier molecular flexibility index (Phi) is 5.72. The molecule has 1 saturated heterocycles. The highest BCUT2D eigenvalue weighted by Gasteiger charge is 2.22. The normalized spacial score (nSPS) is 15.3. The smallest absolute Gasteiger partial charge is 0.200 e. The van der Waals surface area contributed by atoms with Crippen LogP contribution in [0.2, 0.25) is 0 Å². The Balaban J connectivity index is 1.49. The van der Waals surface area contributed by atoms with Crippen LogP contribution in [0.3, 0.4) is 0 Å². The predicted molar refractivity (Wildman–Crippen MR) is 121 cm³/mol. The molecule has 31 heavy (non-hydrogen) atoms. The average molecular weight is 437 g/mol. The van der Waals surface area contributed by atoms with Gasteiger partial charge in [-0.05, 0) is 35.7 Å². The van der Waals surface area contributed by atoms with Gasteiger partial charge < -0.3 is 24.5 Å². The lowest BCUT2D eigenvalue weighted by Gasteiger charge is -2.27. The van der Waals surface area contributed by atoms with Crippen LogP contribution in [0, 0.1) is 0 Å². The first kappa shape index (κ1) is 20.2. The molecule has 1 aromatic heterocycles. The number of morpholine rings is 1. The lowest BCUT2D eigenvalue weighted by atomic mass is 10.0. The van der Waals surface area contributed by atoms with Crippen molar-refractivity contribution in [1.29, 1.82) is 0 Å². The number of nitrogens with two attached hydrogens (primary N) is 1. The summed E-state index contributed by atoms with van der Waals surface area (Å²) in [6.45, 7) is 3.71. The molecule has 5 rings (SSSR count). The predicted octanol–water partition coefficient (Wildman–Crippen LogP) is 3.54. The van der Waals surface area contributed by atoms with E-state index in [1.54, 1.807) is 23.9 Å². The number of hydrogen-bond donors (Lipinski definition) is 1. The second-order valence-electron chi connectivity index (χ2n) is 7.57. The molecule has 0 atom stereocenters. The molecule has 2 aliphatic rings. The van der Waals surface area contributed by atoms with Crippen LogP contribution in [0.25, 0.3) is 11.3 Å². The molecule has 0 unspecified atom stereocenters. The summed E-state index contributed by atoms with van der Waals surface area (Å²) >= 11 is 1.71. The maximum absolute atomic E-state index is 12.5. The molecular formula is C24H24N2O4S. The van der Waals surface area contributed by atoms with E-state index in [0.717, 1.165) is 35.7 Å². The number of hydrogen-bond acceptors (Lipinski definition) is 7. The van der Waals surface area contributed by atoms with Crippen molar-refractivity contribution < 1.29 is 13.9 Å². The maximum Gasteiger partial charge on any atom is 0.200 e. The molecule has 0 saturated carbocycles. The fourth-order valence-corrected chi connectivity index (χ4v) is 5.12. The van der Waals surface area contributed by atoms with E-state index in [-0.39, 0.29) is 5.43 Å². The highest BCUT2D eigenvalue weighted by Crippen LogP contribution is 2.45. The summed E-state index contributed by atoms with van der Waals surface area (Å²) < 4.78 is 17.3. The SMILES string of the molecule is NCCOc1ccc2c(c1)Cc1cccc(-c3cc(=O)cc(N4CCOCC4)o3)c1S2. The van der Waals surface area contributed by atoms with Crippen LogP contribution < -0.4 is 20.8 Å². The van der Waals surface area contributed by atoms with Gasteiger partial charge in [-0.3, -0.25) is 4.79 Å². The molecule has 0 spiro atoms. The Morgan fingerprint density at radius 2 is 1.94 bits per heavy atom. The molecule has 0 bridgehead atoms. The molecule has 6 nitrogen and oxygen atoms in total. The second kappa shape index (κ2) is 8.78. The Hall–Kier alpha value is -2.74. The minimum atomic E-state index is -0.0525. The van der Waals surface area contributed by atoms with Crippen molar-refractivity contribution in [2.75, 3.05) is 44.4 Å². The van der Waals surface area contributed by atoms with Crippen molar-refractivity contribution in [3.8, 4) is 17.1 Å². The van der Waals surface area contributed by atoms with Gasteiger partial charge in [0.15, 0.2) is 11.3 Å².